The molecule has 0 amide bonds. The molecule has 0 spiro atoms. The molecule has 2 aliphatic carbocycles. The summed E-state index contributed by atoms with van der Waals surface area (Å²) in [6, 6.07) is 5.84. The molecule has 2 aliphatic rings. The Morgan fingerprint density at radius 2 is 2.00 bits per heavy atom. The van der Waals surface area contributed by atoms with Gasteiger partial charge < -0.3 is 9.84 Å². The third-order valence-electron chi connectivity index (χ3n) is 4.24. The van der Waals surface area contributed by atoms with E-state index in [0.29, 0.717) is 5.92 Å². The molecule has 1 aromatic carbocycles. The maximum absolute atomic E-state index is 10.5. The van der Waals surface area contributed by atoms with E-state index < -0.39 is 0 Å². The van der Waals surface area contributed by atoms with Crippen molar-refractivity contribution in [1.82, 2.24) is 0 Å². The third kappa shape index (κ3) is 2.11. The van der Waals surface area contributed by atoms with Gasteiger partial charge in [0.25, 0.3) is 0 Å². The Labute approximate surface area is 110 Å². The molecule has 3 atom stereocenters. The lowest BCUT2D eigenvalue weighted by Crippen LogP contribution is -2.12. The molecule has 0 heterocycles. The van der Waals surface area contributed by atoms with E-state index in [0.717, 1.165) is 27.6 Å². The van der Waals surface area contributed by atoms with Crippen LogP contribution in [-0.4, -0.2) is 12.2 Å². The topological polar surface area (TPSA) is 29.5 Å². The maximum Gasteiger partial charge on any atom is 0.124 e. The predicted octanol–water partition coefficient (Wildman–Crippen LogP) is 3.54. The van der Waals surface area contributed by atoms with Gasteiger partial charge in [0.2, 0.25) is 0 Å². The van der Waals surface area contributed by atoms with Crippen LogP contribution in [0, 0.1) is 17.8 Å². The Morgan fingerprint density at radius 3 is 2.65 bits per heavy atom. The van der Waals surface area contributed by atoms with Gasteiger partial charge in [-0.05, 0) is 55.2 Å². The molecule has 0 saturated heterocycles. The minimum absolute atomic E-state index is 0.379. The summed E-state index contributed by atoms with van der Waals surface area (Å²) in [6.45, 7) is 0. The van der Waals surface area contributed by atoms with Crippen molar-refractivity contribution in [3.8, 4) is 5.75 Å². The second-order valence-electron chi connectivity index (χ2n) is 5.32. The van der Waals surface area contributed by atoms with Crippen molar-refractivity contribution < 1.29 is 9.84 Å². The van der Waals surface area contributed by atoms with Gasteiger partial charge in [-0.2, -0.15) is 0 Å². The SMILES string of the molecule is COc1ccc(Br)cc1C(O)C1CC2CC2C1. The molecule has 1 aromatic rings. The van der Waals surface area contributed by atoms with Crippen molar-refractivity contribution in [3.05, 3.63) is 28.2 Å². The first kappa shape index (κ1) is 11.5. The van der Waals surface area contributed by atoms with Gasteiger partial charge in [-0.25, -0.2) is 0 Å². The van der Waals surface area contributed by atoms with Crippen LogP contribution < -0.4 is 4.74 Å². The van der Waals surface area contributed by atoms with E-state index in [1.807, 2.05) is 18.2 Å². The van der Waals surface area contributed by atoms with E-state index in [1.165, 1.54) is 19.3 Å². The second-order valence-corrected chi connectivity index (χ2v) is 6.23. The van der Waals surface area contributed by atoms with Gasteiger partial charge in [-0.3, -0.25) is 0 Å². The standard InChI is InChI=1S/C14H17BrO2/c1-17-13-3-2-11(15)7-12(13)14(16)10-5-8-4-9(8)6-10/h2-3,7-10,14,16H,4-6H2,1H3. The van der Waals surface area contributed by atoms with Crippen LogP contribution in [0.4, 0.5) is 0 Å². The summed E-state index contributed by atoms with van der Waals surface area (Å²) in [5.74, 6) is 3.00. The van der Waals surface area contributed by atoms with Crippen molar-refractivity contribution in [2.75, 3.05) is 7.11 Å². The molecule has 1 N–H and O–H groups in total. The van der Waals surface area contributed by atoms with E-state index in [9.17, 15) is 5.11 Å². The highest BCUT2D eigenvalue weighted by Gasteiger charge is 2.48. The van der Waals surface area contributed by atoms with E-state index in [4.69, 9.17) is 4.74 Å². The van der Waals surface area contributed by atoms with Crippen LogP contribution >= 0.6 is 15.9 Å². The molecule has 2 nitrogen and oxygen atoms in total. The highest BCUT2D eigenvalue weighted by atomic mass is 79.9. The second kappa shape index (κ2) is 4.29. The quantitative estimate of drug-likeness (QED) is 0.924. The molecule has 0 aromatic heterocycles. The predicted molar refractivity (Wildman–Crippen MR) is 70.0 cm³/mol. The van der Waals surface area contributed by atoms with Gasteiger partial charge in [-0.1, -0.05) is 15.9 Å². The summed E-state index contributed by atoms with van der Waals surface area (Å²) in [7, 11) is 1.66. The molecular weight excluding hydrogens is 280 g/mol. The number of methoxy groups -OCH3 is 1. The molecule has 2 saturated carbocycles. The zero-order valence-corrected chi connectivity index (χ0v) is 11.5. The number of ether oxygens (including phenoxy) is 1. The molecule has 92 valence electrons. The van der Waals surface area contributed by atoms with Gasteiger partial charge in [-0.15, -0.1) is 0 Å². The summed E-state index contributed by atoms with van der Waals surface area (Å²) in [5.41, 5.74) is 0.924. The fourth-order valence-corrected chi connectivity index (χ4v) is 3.59. The van der Waals surface area contributed by atoms with Crippen molar-refractivity contribution in [2.24, 2.45) is 17.8 Å². The first-order valence-electron chi connectivity index (χ1n) is 6.20. The van der Waals surface area contributed by atoms with Gasteiger partial charge in [0.05, 0.1) is 13.2 Å². The summed E-state index contributed by atoms with van der Waals surface area (Å²) < 4.78 is 6.33. The van der Waals surface area contributed by atoms with Crippen LogP contribution in [-0.2, 0) is 0 Å². The summed E-state index contributed by atoms with van der Waals surface area (Å²) in [4.78, 5) is 0. The van der Waals surface area contributed by atoms with Gasteiger partial charge in [0, 0.05) is 10.0 Å². The number of halogens is 1. The number of aliphatic hydroxyl groups excluding tert-OH is 1. The van der Waals surface area contributed by atoms with Crippen LogP contribution in [0.2, 0.25) is 0 Å². The number of aliphatic hydroxyl groups is 1. The minimum Gasteiger partial charge on any atom is -0.496 e. The first-order chi connectivity index (χ1) is 8.19. The smallest absolute Gasteiger partial charge is 0.124 e. The Bertz CT molecular complexity index is 422. The summed E-state index contributed by atoms with van der Waals surface area (Å²) >= 11 is 3.46. The average molecular weight is 297 g/mol. The maximum atomic E-state index is 10.5. The largest absolute Gasteiger partial charge is 0.496 e. The fourth-order valence-electron chi connectivity index (χ4n) is 3.21. The van der Waals surface area contributed by atoms with Crippen molar-refractivity contribution in [1.29, 1.82) is 0 Å². The molecule has 0 aliphatic heterocycles. The zero-order valence-electron chi connectivity index (χ0n) is 9.90. The molecule has 0 radical (unpaired) electrons. The van der Waals surface area contributed by atoms with Crippen LogP contribution in [0.15, 0.2) is 22.7 Å². The van der Waals surface area contributed by atoms with Gasteiger partial charge in [0.15, 0.2) is 0 Å². The Morgan fingerprint density at radius 1 is 1.29 bits per heavy atom. The zero-order chi connectivity index (χ0) is 12.0. The van der Waals surface area contributed by atoms with E-state index >= 15 is 0 Å². The molecule has 3 rings (SSSR count). The van der Waals surface area contributed by atoms with Crippen LogP contribution in [0.25, 0.3) is 0 Å². The molecule has 0 bridgehead atoms. The fraction of sp³-hybridized carbons (Fsp3) is 0.571. The van der Waals surface area contributed by atoms with Crippen molar-refractivity contribution in [2.45, 2.75) is 25.4 Å². The number of hydrogen-bond acceptors (Lipinski definition) is 2. The van der Waals surface area contributed by atoms with E-state index in [2.05, 4.69) is 15.9 Å². The summed E-state index contributed by atoms with van der Waals surface area (Å²) in [5, 5.41) is 10.5. The Balaban J connectivity index is 1.84. The Hall–Kier alpha value is -0.540. The van der Waals surface area contributed by atoms with Crippen molar-refractivity contribution >= 4 is 15.9 Å². The monoisotopic (exact) mass is 296 g/mol. The van der Waals surface area contributed by atoms with Crippen molar-refractivity contribution in [3.63, 3.8) is 0 Å². The number of rotatable bonds is 3. The Kier molecular flexibility index (Phi) is 2.91. The summed E-state index contributed by atoms with van der Waals surface area (Å²) in [6.07, 6.45) is 3.37. The molecule has 17 heavy (non-hydrogen) atoms. The highest BCUT2D eigenvalue weighted by molar-refractivity contribution is 9.10. The molecular formula is C14H17BrO2. The molecule has 3 heteroatoms. The van der Waals surface area contributed by atoms with E-state index in [-0.39, 0.29) is 6.10 Å². The lowest BCUT2D eigenvalue weighted by atomic mass is 9.91. The number of hydrogen-bond donors (Lipinski definition) is 1. The first-order valence-corrected chi connectivity index (χ1v) is 7.00. The lowest BCUT2D eigenvalue weighted by molar-refractivity contribution is 0.101. The van der Waals surface area contributed by atoms with Gasteiger partial charge >= 0.3 is 0 Å². The van der Waals surface area contributed by atoms with E-state index in [1.54, 1.807) is 7.11 Å². The minimum atomic E-state index is -0.379. The molecule has 2 fully saturated rings. The van der Waals surface area contributed by atoms with Crippen LogP contribution in [0.3, 0.4) is 0 Å². The normalized spacial score (nSPS) is 32.1. The third-order valence-corrected chi connectivity index (χ3v) is 4.73. The lowest BCUT2D eigenvalue weighted by Gasteiger charge is -2.22. The van der Waals surface area contributed by atoms with Crippen LogP contribution in [0.5, 0.6) is 5.75 Å². The van der Waals surface area contributed by atoms with Crippen LogP contribution in [0.1, 0.15) is 30.9 Å². The number of fused-ring (bicyclic) bond motifs is 1. The molecule has 3 unspecified atom stereocenters. The van der Waals surface area contributed by atoms with Gasteiger partial charge in [0.1, 0.15) is 5.75 Å². The average Bonchev–Trinajstić information content (AvgIpc) is 2.95. The number of benzene rings is 1. The highest BCUT2D eigenvalue weighted by Crippen LogP contribution is 2.57.